The van der Waals surface area contributed by atoms with Crippen molar-refractivity contribution in [2.45, 2.75) is 6.18 Å². The van der Waals surface area contributed by atoms with E-state index in [1.165, 1.54) is 19.2 Å². The minimum Gasteiger partial charge on any atom is -0.464 e. The number of fused-ring (bicyclic) bond motifs is 1. The van der Waals surface area contributed by atoms with E-state index in [1.54, 1.807) is 0 Å². The van der Waals surface area contributed by atoms with Crippen LogP contribution >= 0.6 is 0 Å². The van der Waals surface area contributed by atoms with Crippen LogP contribution in [-0.4, -0.2) is 18.1 Å². The number of methoxy groups -OCH3 is 1. The zero-order chi connectivity index (χ0) is 14.2. The smallest absolute Gasteiger partial charge is 0.416 e. The summed E-state index contributed by atoms with van der Waals surface area (Å²) in [7, 11) is 1.18. The molecule has 0 amide bonds. The van der Waals surface area contributed by atoms with Gasteiger partial charge in [-0.05, 0) is 24.3 Å². The first-order valence-corrected chi connectivity index (χ1v) is 5.18. The molecule has 1 aromatic carbocycles. The van der Waals surface area contributed by atoms with Crippen LogP contribution in [0.25, 0.3) is 10.9 Å². The third kappa shape index (κ3) is 2.44. The van der Waals surface area contributed by atoms with Crippen LogP contribution in [0.15, 0.2) is 24.3 Å². The van der Waals surface area contributed by atoms with E-state index in [0.29, 0.717) is 0 Å². The van der Waals surface area contributed by atoms with Gasteiger partial charge in [0.25, 0.3) is 0 Å². The van der Waals surface area contributed by atoms with Crippen LogP contribution in [0.2, 0.25) is 0 Å². The van der Waals surface area contributed by atoms with Gasteiger partial charge < -0.3 is 10.5 Å². The zero-order valence-electron chi connectivity index (χ0n) is 9.78. The maximum Gasteiger partial charge on any atom is 0.416 e. The van der Waals surface area contributed by atoms with Crippen molar-refractivity contribution in [3.63, 3.8) is 0 Å². The first kappa shape index (κ1) is 13.1. The number of hydrogen-bond acceptors (Lipinski definition) is 4. The van der Waals surface area contributed by atoms with Gasteiger partial charge in [-0.2, -0.15) is 13.2 Å². The molecule has 0 aliphatic carbocycles. The second-order valence-corrected chi connectivity index (χ2v) is 3.82. The van der Waals surface area contributed by atoms with Gasteiger partial charge in [0.2, 0.25) is 0 Å². The van der Waals surface area contributed by atoms with Crippen LogP contribution in [-0.2, 0) is 10.9 Å². The molecule has 0 aliphatic rings. The lowest BCUT2D eigenvalue weighted by molar-refractivity contribution is -0.137. The number of nitrogens with zero attached hydrogens (tertiary/aromatic N) is 1. The molecule has 100 valence electrons. The highest BCUT2D eigenvalue weighted by molar-refractivity contribution is 5.97. The van der Waals surface area contributed by atoms with E-state index in [2.05, 4.69) is 9.72 Å². The lowest BCUT2D eigenvalue weighted by Crippen LogP contribution is -2.08. The molecular weight excluding hydrogens is 261 g/mol. The maximum absolute atomic E-state index is 12.6. The molecule has 0 unspecified atom stereocenters. The summed E-state index contributed by atoms with van der Waals surface area (Å²) in [5.41, 5.74) is 5.02. The molecule has 0 spiro atoms. The Balaban J connectivity index is 2.63. The van der Waals surface area contributed by atoms with Crippen molar-refractivity contribution in [2.24, 2.45) is 0 Å². The highest BCUT2D eigenvalue weighted by Crippen LogP contribution is 2.32. The van der Waals surface area contributed by atoms with Gasteiger partial charge in [-0.15, -0.1) is 0 Å². The Morgan fingerprint density at radius 1 is 1.32 bits per heavy atom. The zero-order valence-corrected chi connectivity index (χ0v) is 9.78. The lowest BCUT2D eigenvalue weighted by Gasteiger charge is -2.09. The Labute approximate surface area is 106 Å². The van der Waals surface area contributed by atoms with Crippen molar-refractivity contribution in [3.05, 3.63) is 35.5 Å². The standard InChI is InChI=1S/C12H9F3N2O2/c1-19-11(18)10-5-8(16)7-4-6(12(13,14)15)2-3-9(7)17-10/h2-5H,1H3,(H2,16,17). The summed E-state index contributed by atoms with van der Waals surface area (Å²) < 4.78 is 42.2. The van der Waals surface area contributed by atoms with Crippen LogP contribution in [0.4, 0.5) is 18.9 Å². The fourth-order valence-electron chi connectivity index (χ4n) is 1.64. The molecule has 0 bridgehead atoms. The number of nitrogens with two attached hydrogens (primary N) is 1. The van der Waals surface area contributed by atoms with Gasteiger partial charge in [0.1, 0.15) is 0 Å². The Bertz CT molecular complexity index is 653. The summed E-state index contributed by atoms with van der Waals surface area (Å²) in [6.07, 6.45) is -4.46. The largest absolute Gasteiger partial charge is 0.464 e. The van der Waals surface area contributed by atoms with E-state index < -0.39 is 17.7 Å². The molecule has 1 aromatic heterocycles. The fourth-order valence-corrected chi connectivity index (χ4v) is 1.64. The molecule has 2 rings (SSSR count). The molecule has 7 heteroatoms. The second-order valence-electron chi connectivity index (χ2n) is 3.82. The van der Waals surface area contributed by atoms with Gasteiger partial charge in [0, 0.05) is 11.1 Å². The molecule has 2 N–H and O–H groups in total. The Morgan fingerprint density at radius 3 is 2.58 bits per heavy atom. The van der Waals surface area contributed by atoms with Crippen molar-refractivity contribution >= 4 is 22.6 Å². The van der Waals surface area contributed by atoms with E-state index in [4.69, 9.17) is 5.73 Å². The number of nitrogen functional groups attached to an aromatic ring is 1. The summed E-state index contributed by atoms with van der Waals surface area (Å²) >= 11 is 0. The third-order valence-corrected chi connectivity index (χ3v) is 2.56. The molecule has 1 heterocycles. The van der Waals surface area contributed by atoms with Crippen LogP contribution in [0.3, 0.4) is 0 Å². The maximum atomic E-state index is 12.6. The number of pyridine rings is 1. The predicted molar refractivity (Wildman–Crippen MR) is 62.5 cm³/mol. The summed E-state index contributed by atoms with van der Waals surface area (Å²) in [5.74, 6) is -0.700. The fraction of sp³-hybridized carbons (Fsp3) is 0.167. The molecule has 0 saturated heterocycles. The molecule has 0 fully saturated rings. The summed E-state index contributed by atoms with van der Waals surface area (Å²) in [6.45, 7) is 0. The summed E-state index contributed by atoms with van der Waals surface area (Å²) in [6, 6.07) is 4.14. The Hall–Kier alpha value is -2.31. The Kier molecular flexibility index (Phi) is 3.05. The normalized spacial score (nSPS) is 11.6. The van der Waals surface area contributed by atoms with Gasteiger partial charge in [0.15, 0.2) is 5.69 Å². The molecule has 0 saturated carbocycles. The van der Waals surface area contributed by atoms with E-state index in [9.17, 15) is 18.0 Å². The first-order chi connectivity index (χ1) is 8.82. The van der Waals surface area contributed by atoms with Gasteiger partial charge in [-0.1, -0.05) is 0 Å². The van der Waals surface area contributed by atoms with Gasteiger partial charge in [0.05, 0.1) is 18.2 Å². The van der Waals surface area contributed by atoms with Crippen molar-refractivity contribution in [1.29, 1.82) is 0 Å². The molecule has 2 aromatic rings. The van der Waals surface area contributed by atoms with Crippen LogP contribution in [0.1, 0.15) is 16.1 Å². The molecule has 4 nitrogen and oxygen atoms in total. The average Bonchev–Trinajstić information content (AvgIpc) is 2.36. The number of alkyl halides is 3. The Morgan fingerprint density at radius 2 is 2.00 bits per heavy atom. The molecule has 19 heavy (non-hydrogen) atoms. The summed E-state index contributed by atoms with van der Waals surface area (Å²) in [5, 5.41) is 0.141. The number of halogens is 3. The number of carbonyl (C=O) groups excluding carboxylic acids is 1. The molecule has 0 radical (unpaired) electrons. The van der Waals surface area contributed by atoms with E-state index in [0.717, 1.165) is 12.1 Å². The first-order valence-electron chi connectivity index (χ1n) is 5.18. The molecule has 0 atom stereocenters. The monoisotopic (exact) mass is 270 g/mol. The lowest BCUT2D eigenvalue weighted by atomic mass is 10.1. The van der Waals surface area contributed by atoms with E-state index >= 15 is 0 Å². The minimum atomic E-state index is -4.46. The third-order valence-electron chi connectivity index (χ3n) is 2.56. The number of aromatic nitrogens is 1. The number of benzene rings is 1. The highest BCUT2D eigenvalue weighted by Gasteiger charge is 2.30. The number of rotatable bonds is 1. The van der Waals surface area contributed by atoms with E-state index in [-0.39, 0.29) is 22.3 Å². The highest BCUT2D eigenvalue weighted by atomic mass is 19.4. The van der Waals surface area contributed by atoms with E-state index in [1.807, 2.05) is 0 Å². The number of carbonyl (C=O) groups is 1. The van der Waals surface area contributed by atoms with Gasteiger partial charge in [-0.3, -0.25) is 0 Å². The minimum absolute atomic E-state index is 0.0384. The summed E-state index contributed by atoms with van der Waals surface area (Å²) in [4.78, 5) is 15.2. The van der Waals surface area contributed by atoms with Gasteiger partial charge in [-0.25, -0.2) is 9.78 Å². The van der Waals surface area contributed by atoms with Gasteiger partial charge >= 0.3 is 12.1 Å². The predicted octanol–water partition coefficient (Wildman–Crippen LogP) is 2.62. The second kappa shape index (κ2) is 4.42. The molecule has 0 aliphatic heterocycles. The number of hydrogen-bond donors (Lipinski definition) is 1. The SMILES string of the molecule is COC(=O)c1cc(N)c2cc(C(F)(F)F)ccc2n1. The van der Waals surface area contributed by atoms with Crippen molar-refractivity contribution < 1.29 is 22.7 Å². The quantitative estimate of drug-likeness (QED) is 0.809. The topological polar surface area (TPSA) is 65.2 Å². The molecular formula is C12H9F3N2O2. The van der Waals surface area contributed by atoms with Crippen LogP contribution in [0.5, 0.6) is 0 Å². The van der Waals surface area contributed by atoms with Crippen LogP contribution in [0, 0.1) is 0 Å². The number of esters is 1. The van der Waals surface area contributed by atoms with Crippen molar-refractivity contribution in [1.82, 2.24) is 4.98 Å². The number of ether oxygens (including phenoxy) is 1. The average molecular weight is 270 g/mol. The number of anilines is 1. The van der Waals surface area contributed by atoms with Crippen LogP contribution < -0.4 is 5.73 Å². The van der Waals surface area contributed by atoms with Crippen molar-refractivity contribution in [2.75, 3.05) is 12.8 Å². The van der Waals surface area contributed by atoms with Crippen molar-refractivity contribution in [3.8, 4) is 0 Å².